The minimum absolute atomic E-state index is 0.0926. The summed E-state index contributed by atoms with van der Waals surface area (Å²) in [5, 5.41) is 0. The summed E-state index contributed by atoms with van der Waals surface area (Å²) < 4.78 is 1.50. The molecule has 2 heterocycles. The van der Waals surface area contributed by atoms with Crippen LogP contribution in [0.25, 0.3) is 4.83 Å². The number of hydrogen-bond donors (Lipinski definition) is 0. The molecule has 0 spiro atoms. The highest BCUT2D eigenvalue weighted by atomic mass is 32.1. The van der Waals surface area contributed by atoms with Crippen LogP contribution in [0.5, 0.6) is 0 Å². The van der Waals surface area contributed by atoms with Crippen molar-refractivity contribution >= 4 is 22.5 Å². The van der Waals surface area contributed by atoms with Crippen molar-refractivity contribution in [2.75, 3.05) is 0 Å². The topological polar surface area (TPSA) is 38.5 Å². The Morgan fingerprint density at radius 3 is 2.85 bits per heavy atom. The van der Waals surface area contributed by atoms with E-state index in [0.717, 1.165) is 16.7 Å². The van der Waals surface area contributed by atoms with Gasteiger partial charge in [0.1, 0.15) is 4.83 Å². The third-order valence-corrected chi connectivity index (χ3v) is 3.01. The van der Waals surface area contributed by atoms with Gasteiger partial charge in [-0.1, -0.05) is 6.07 Å². The molecule has 0 saturated heterocycles. The maximum atomic E-state index is 11.3. The quantitative estimate of drug-likeness (QED) is 0.643. The fraction of sp³-hybridized carbons (Fsp3) is 0.111. The Labute approximate surface area is 78.3 Å². The summed E-state index contributed by atoms with van der Waals surface area (Å²) in [7, 11) is 0. The normalized spacial score (nSPS) is 10.5. The Morgan fingerprint density at radius 1 is 1.46 bits per heavy atom. The van der Waals surface area contributed by atoms with Crippen molar-refractivity contribution < 1.29 is 4.79 Å². The number of rotatable bonds is 1. The summed E-state index contributed by atoms with van der Waals surface area (Å²) in [4.78, 5) is 23.2. The smallest absolute Gasteiger partial charge is 0.255 e. The number of hydrogen-bond acceptors (Lipinski definition) is 3. The van der Waals surface area contributed by atoms with E-state index < -0.39 is 0 Å². The summed E-state index contributed by atoms with van der Waals surface area (Å²) in [6.07, 6.45) is 2.33. The number of fused-ring (bicyclic) bond motifs is 1. The van der Waals surface area contributed by atoms with Crippen LogP contribution in [0.1, 0.15) is 15.2 Å². The number of aldehydes is 1. The van der Waals surface area contributed by atoms with Crippen molar-refractivity contribution in [2.45, 2.75) is 6.92 Å². The lowest BCUT2D eigenvalue weighted by Gasteiger charge is -1.93. The second kappa shape index (κ2) is 2.81. The molecule has 0 aromatic carbocycles. The molecule has 0 atom stereocenters. The largest absolute Gasteiger partial charge is 0.297 e. The second-order valence-corrected chi connectivity index (χ2v) is 3.84. The zero-order valence-corrected chi connectivity index (χ0v) is 7.80. The van der Waals surface area contributed by atoms with E-state index in [4.69, 9.17) is 0 Å². The van der Waals surface area contributed by atoms with Crippen LogP contribution in [0, 0.1) is 6.92 Å². The molecule has 0 fully saturated rings. The number of thiazole rings is 1. The van der Waals surface area contributed by atoms with Gasteiger partial charge in [0.2, 0.25) is 0 Å². The van der Waals surface area contributed by atoms with Crippen molar-refractivity contribution in [3.63, 3.8) is 0 Å². The zero-order valence-electron chi connectivity index (χ0n) is 6.98. The molecule has 0 saturated carbocycles. The fourth-order valence-corrected chi connectivity index (χ4v) is 2.11. The molecule has 0 aliphatic carbocycles. The van der Waals surface area contributed by atoms with Crippen LogP contribution < -0.4 is 5.56 Å². The summed E-state index contributed by atoms with van der Waals surface area (Å²) in [5.41, 5.74) is 0.919. The van der Waals surface area contributed by atoms with Crippen LogP contribution in [0.3, 0.4) is 0 Å². The molecule has 3 nitrogen and oxygen atoms in total. The van der Waals surface area contributed by atoms with E-state index >= 15 is 0 Å². The third-order valence-electron chi connectivity index (χ3n) is 1.86. The minimum Gasteiger partial charge on any atom is -0.297 e. The summed E-state index contributed by atoms with van der Waals surface area (Å²) in [5.74, 6) is 0. The van der Waals surface area contributed by atoms with E-state index in [0.29, 0.717) is 4.88 Å². The summed E-state index contributed by atoms with van der Waals surface area (Å²) >= 11 is 1.33. The zero-order chi connectivity index (χ0) is 9.42. The van der Waals surface area contributed by atoms with Crippen LogP contribution in [0.4, 0.5) is 0 Å². The molecule has 2 rings (SSSR count). The van der Waals surface area contributed by atoms with E-state index in [1.165, 1.54) is 21.8 Å². The number of pyridine rings is 1. The molecule has 66 valence electrons. The highest BCUT2D eigenvalue weighted by molar-refractivity contribution is 7.19. The number of aromatic nitrogens is 1. The molecule has 0 N–H and O–H groups in total. The van der Waals surface area contributed by atoms with Gasteiger partial charge in [0.25, 0.3) is 5.56 Å². The Kier molecular flexibility index (Phi) is 1.77. The number of aryl methyl sites for hydroxylation is 1. The Bertz CT molecular complexity index is 524. The van der Waals surface area contributed by atoms with E-state index in [1.807, 2.05) is 6.92 Å². The van der Waals surface area contributed by atoms with Gasteiger partial charge in [0, 0.05) is 12.3 Å². The third kappa shape index (κ3) is 1.19. The van der Waals surface area contributed by atoms with Gasteiger partial charge in [-0.25, -0.2) is 0 Å². The summed E-state index contributed by atoms with van der Waals surface area (Å²) in [6, 6.07) is 3.27. The maximum Gasteiger partial charge on any atom is 0.255 e. The van der Waals surface area contributed by atoms with Gasteiger partial charge in [0.15, 0.2) is 6.29 Å². The van der Waals surface area contributed by atoms with Crippen LogP contribution in [-0.2, 0) is 0 Å². The van der Waals surface area contributed by atoms with Gasteiger partial charge in [0.05, 0.1) is 4.88 Å². The lowest BCUT2D eigenvalue weighted by Crippen LogP contribution is -2.09. The van der Waals surface area contributed by atoms with E-state index in [9.17, 15) is 9.59 Å². The first kappa shape index (κ1) is 8.19. The first-order chi connectivity index (χ1) is 6.22. The van der Waals surface area contributed by atoms with Gasteiger partial charge < -0.3 is 0 Å². The lowest BCUT2D eigenvalue weighted by atomic mass is 10.3. The summed E-state index contributed by atoms with van der Waals surface area (Å²) in [6.45, 7) is 1.92. The first-order valence-corrected chi connectivity index (χ1v) is 4.61. The molecule has 2 aromatic rings. The van der Waals surface area contributed by atoms with Gasteiger partial charge in [-0.2, -0.15) is 0 Å². The van der Waals surface area contributed by atoms with E-state index in [1.54, 1.807) is 12.3 Å². The van der Waals surface area contributed by atoms with Gasteiger partial charge in [-0.15, -0.1) is 11.3 Å². The average Bonchev–Trinajstić information content (AvgIpc) is 2.56. The predicted octanol–water partition coefficient (Wildman–Crippen LogP) is 1.48. The molecule has 0 aliphatic rings. The SMILES string of the molecule is Cc1ccc(=O)n2cc(C=O)sc12. The number of carbonyl (C=O) groups is 1. The standard InChI is InChI=1S/C9H7NO2S/c1-6-2-3-8(12)10-4-7(5-11)13-9(6)10/h2-5H,1H3. The monoisotopic (exact) mass is 193 g/mol. The van der Waals surface area contributed by atoms with Crippen LogP contribution in [0.15, 0.2) is 23.1 Å². The molecule has 13 heavy (non-hydrogen) atoms. The average molecular weight is 193 g/mol. The Balaban J connectivity index is 2.96. The Morgan fingerprint density at radius 2 is 2.23 bits per heavy atom. The number of carbonyl (C=O) groups excluding carboxylic acids is 1. The molecule has 0 amide bonds. The van der Waals surface area contributed by atoms with Crippen LogP contribution >= 0.6 is 11.3 Å². The van der Waals surface area contributed by atoms with Crippen LogP contribution in [-0.4, -0.2) is 10.7 Å². The molecule has 2 aromatic heterocycles. The van der Waals surface area contributed by atoms with E-state index in [2.05, 4.69) is 0 Å². The minimum atomic E-state index is -0.0926. The van der Waals surface area contributed by atoms with Crippen LogP contribution in [0.2, 0.25) is 0 Å². The Hall–Kier alpha value is -1.42. The molecule has 0 radical (unpaired) electrons. The molecule has 0 aliphatic heterocycles. The first-order valence-electron chi connectivity index (χ1n) is 3.79. The van der Waals surface area contributed by atoms with Crippen molar-refractivity contribution in [3.8, 4) is 0 Å². The fourth-order valence-electron chi connectivity index (χ4n) is 1.21. The second-order valence-electron chi connectivity index (χ2n) is 2.78. The number of nitrogens with zero attached hydrogens (tertiary/aromatic N) is 1. The van der Waals surface area contributed by atoms with Crippen molar-refractivity contribution in [3.05, 3.63) is 39.1 Å². The molecule has 0 unspecified atom stereocenters. The molecule has 4 heteroatoms. The molecule has 0 bridgehead atoms. The molecular weight excluding hydrogens is 186 g/mol. The van der Waals surface area contributed by atoms with Crippen molar-refractivity contribution in [2.24, 2.45) is 0 Å². The maximum absolute atomic E-state index is 11.3. The van der Waals surface area contributed by atoms with E-state index in [-0.39, 0.29) is 5.56 Å². The lowest BCUT2D eigenvalue weighted by molar-refractivity contribution is 0.112. The van der Waals surface area contributed by atoms with Gasteiger partial charge >= 0.3 is 0 Å². The highest BCUT2D eigenvalue weighted by Crippen LogP contribution is 2.17. The predicted molar refractivity (Wildman–Crippen MR) is 51.7 cm³/mol. The van der Waals surface area contributed by atoms with Gasteiger partial charge in [-0.05, 0) is 12.5 Å². The highest BCUT2D eigenvalue weighted by Gasteiger charge is 2.03. The van der Waals surface area contributed by atoms with Crippen molar-refractivity contribution in [1.29, 1.82) is 0 Å². The van der Waals surface area contributed by atoms with Crippen molar-refractivity contribution in [1.82, 2.24) is 4.40 Å². The van der Waals surface area contributed by atoms with Gasteiger partial charge in [-0.3, -0.25) is 14.0 Å². The molecular formula is C9H7NO2S.